The van der Waals surface area contributed by atoms with E-state index in [2.05, 4.69) is 20.9 Å². The van der Waals surface area contributed by atoms with E-state index in [1.165, 1.54) is 20.2 Å². The van der Waals surface area contributed by atoms with Crippen molar-refractivity contribution in [2.24, 2.45) is 0 Å². The lowest BCUT2D eigenvalue weighted by Crippen LogP contribution is -2.27. The van der Waals surface area contributed by atoms with Gasteiger partial charge in [0.1, 0.15) is 16.5 Å². The quantitative estimate of drug-likeness (QED) is 0.635. The Hall–Kier alpha value is -2.19. The standard InChI is InChI=1S/C17H14BrFN2O3S/c1-21(14-7-3-5-11-6-4-8-20-17(11)14)25(22,23)16-10-13(19)12(18)9-15(16)24-2/h3-10H,1-2H3. The first kappa shape index (κ1) is 17.6. The van der Waals surface area contributed by atoms with E-state index in [4.69, 9.17) is 4.74 Å². The number of para-hydroxylation sites is 1. The number of pyridine rings is 1. The van der Waals surface area contributed by atoms with Gasteiger partial charge in [-0.05, 0) is 40.2 Å². The Morgan fingerprint density at radius 3 is 2.64 bits per heavy atom. The average Bonchev–Trinajstić information content (AvgIpc) is 2.62. The predicted octanol–water partition coefficient (Wildman–Crippen LogP) is 3.97. The molecule has 0 amide bonds. The third-order valence-electron chi connectivity index (χ3n) is 3.80. The lowest BCUT2D eigenvalue weighted by Gasteiger charge is -2.22. The zero-order valence-electron chi connectivity index (χ0n) is 13.4. The molecule has 3 rings (SSSR count). The van der Waals surface area contributed by atoms with Crippen molar-refractivity contribution in [2.75, 3.05) is 18.5 Å². The maximum atomic E-state index is 13.9. The minimum Gasteiger partial charge on any atom is -0.495 e. The average molecular weight is 425 g/mol. The molecular formula is C17H14BrFN2O3S. The van der Waals surface area contributed by atoms with Gasteiger partial charge < -0.3 is 4.74 Å². The van der Waals surface area contributed by atoms with E-state index in [1.807, 2.05) is 12.1 Å². The van der Waals surface area contributed by atoms with Gasteiger partial charge >= 0.3 is 0 Å². The van der Waals surface area contributed by atoms with Crippen LogP contribution in [0.1, 0.15) is 0 Å². The fraction of sp³-hybridized carbons (Fsp3) is 0.118. The first-order valence-corrected chi connectivity index (χ1v) is 9.45. The van der Waals surface area contributed by atoms with Crippen LogP contribution in [-0.4, -0.2) is 27.6 Å². The van der Waals surface area contributed by atoms with Gasteiger partial charge in [0, 0.05) is 18.6 Å². The van der Waals surface area contributed by atoms with Crippen LogP contribution < -0.4 is 9.04 Å². The highest BCUT2D eigenvalue weighted by atomic mass is 79.9. The molecule has 0 fully saturated rings. The molecule has 0 atom stereocenters. The molecule has 0 N–H and O–H groups in total. The monoisotopic (exact) mass is 424 g/mol. The normalized spacial score (nSPS) is 11.5. The minimum atomic E-state index is -4.06. The summed E-state index contributed by atoms with van der Waals surface area (Å²) in [5.41, 5.74) is 0.927. The Morgan fingerprint density at radius 1 is 1.20 bits per heavy atom. The number of anilines is 1. The number of nitrogens with zero attached hydrogens (tertiary/aromatic N) is 2. The number of methoxy groups -OCH3 is 1. The fourth-order valence-electron chi connectivity index (χ4n) is 2.49. The molecule has 0 saturated heterocycles. The smallest absolute Gasteiger partial charge is 0.267 e. The Kier molecular flexibility index (Phi) is 4.66. The molecule has 1 aromatic heterocycles. The van der Waals surface area contributed by atoms with Gasteiger partial charge in [-0.25, -0.2) is 12.8 Å². The third kappa shape index (κ3) is 3.07. The van der Waals surface area contributed by atoms with E-state index < -0.39 is 15.8 Å². The SMILES string of the molecule is COc1cc(Br)c(F)cc1S(=O)(=O)N(C)c1cccc2cccnc12. The largest absolute Gasteiger partial charge is 0.495 e. The summed E-state index contributed by atoms with van der Waals surface area (Å²) in [5.74, 6) is -0.642. The predicted molar refractivity (Wildman–Crippen MR) is 98.0 cm³/mol. The van der Waals surface area contributed by atoms with E-state index in [0.29, 0.717) is 11.2 Å². The molecule has 2 aromatic carbocycles. The Labute approximate surface area is 153 Å². The molecule has 0 aliphatic carbocycles. The van der Waals surface area contributed by atoms with Crippen molar-refractivity contribution in [3.05, 3.63) is 59.0 Å². The summed E-state index contributed by atoms with van der Waals surface area (Å²) >= 11 is 3.03. The van der Waals surface area contributed by atoms with Crippen LogP contribution in [0, 0.1) is 5.82 Å². The summed E-state index contributed by atoms with van der Waals surface area (Å²) in [7, 11) is -1.33. The van der Waals surface area contributed by atoms with Gasteiger partial charge in [0.05, 0.1) is 22.8 Å². The van der Waals surface area contributed by atoms with Gasteiger partial charge in [-0.1, -0.05) is 18.2 Å². The molecule has 8 heteroatoms. The molecule has 0 aliphatic heterocycles. The maximum absolute atomic E-state index is 13.9. The summed E-state index contributed by atoms with van der Waals surface area (Å²) < 4.78 is 46.4. The Morgan fingerprint density at radius 2 is 1.92 bits per heavy atom. The van der Waals surface area contributed by atoms with Crippen molar-refractivity contribution in [1.29, 1.82) is 0 Å². The molecule has 25 heavy (non-hydrogen) atoms. The van der Waals surface area contributed by atoms with E-state index in [-0.39, 0.29) is 15.1 Å². The van der Waals surface area contributed by atoms with E-state index in [9.17, 15) is 12.8 Å². The second kappa shape index (κ2) is 6.61. The van der Waals surface area contributed by atoms with E-state index in [1.54, 1.807) is 24.4 Å². The van der Waals surface area contributed by atoms with Crippen molar-refractivity contribution < 1.29 is 17.5 Å². The maximum Gasteiger partial charge on any atom is 0.267 e. The molecule has 0 bridgehead atoms. The molecular weight excluding hydrogens is 411 g/mol. The van der Waals surface area contributed by atoms with E-state index in [0.717, 1.165) is 15.8 Å². The second-order valence-corrected chi connectivity index (χ2v) is 8.03. The van der Waals surface area contributed by atoms with Gasteiger partial charge in [0.15, 0.2) is 0 Å². The van der Waals surface area contributed by atoms with Gasteiger partial charge in [-0.15, -0.1) is 0 Å². The van der Waals surface area contributed by atoms with Crippen molar-refractivity contribution >= 4 is 42.5 Å². The first-order chi connectivity index (χ1) is 11.9. The van der Waals surface area contributed by atoms with Gasteiger partial charge in [0.2, 0.25) is 0 Å². The highest BCUT2D eigenvalue weighted by Crippen LogP contribution is 2.34. The van der Waals surface area contributed by atoms with Crippen LogP contribution in [0.5, 0.6) is 5.75 Å². The highest BCUT2D eigenvalue weighted by molar-refractivity contribution is 9.10. The van der Waals surface area contributed by atoms with Crippen LogP contribution in [0.15, 0.2) is 58.0 Å². The Bertz CT molecular complexity index is 1050. The second-order valence-electron chi connectivity index (χ2n) is 5.24. The molecule has 1 heterocycles. The highest BCUT2D eigenvalue weighted by Gasteiger charge is 2.28. The number of halogens is 2. The Balaban J connectivity index is 2.19. The van der Waals surface area contributed by atoms with Gasteiger partial charge in [-0.3, -0.25) is 9.29 Å². The number of hydrogen-bond donors (Lipinski definition) is 0. The number of sulfonamides is 1. The lowest BCUT2D eigenvalue weighted by atomic mass is 10.2. The summed E-state index contributed by atoms with van der Waals surface area (Å²) in [5, 5.41) is 0.802. The van der Waals surface area contributed by atoms with Crippen LogP contribution in [0.4, 0.5) is 10.1 Å². The van der Waals surface area contributed by atoms with Crippen molar-refractivity contribution in [3.8, 4) is 5.75 Å². The minimum absolute atomic E-state index is 0.0494. The summed E-state index contributed by atoms with van der Waals surface area (Å²) in [6.07, 6.45) is 1.59. The molecule has 130 valence electrons. The first-order valence-electron chi connectivity index (χ1n) is 7.22. The number of fused-ring (bicyclic) bond motifs is 1. The van der Waals surface area contributed by atoms with Gasteiger partial charge in [-0.2, -0.15) is 0 Å². The molecule has 0 spiro atoms. The third-order valence-corrected chi connectivity index (χ3v) is 6.20. The number of benzene rings is 2. The molecule has 5 nitrogen and oxygen atoms in total. The number of rotatable bonds is 4. The number of aromatic nitrogens is 1. The van der Waals surface area contributed by atoms with Gasteiger partial charge in [0.25, 0.3) is 10.0 Å². The van der Waals surface area contributed by atoms with Crippen molar-refractivity contribution in [3.63, 3.8) is 0 Å². The molecule has 0 aliphatic rings. The van der Waals surface area contributed by atoms with Crippen LogP contribution in [-0.2, 0) is 10.0 Å². The molecule has 3 aromatic rings. The zero-order valence-corrected chi connectivity index (χ0v) is 15.8. The van der Waals surface area contributed by atoms with E-state index >= 15 is 0 Å². The van der Waals surface area contributed by atoms with Crippen LogP contribution >= 0.6 is 15.9 Å². The molecule has 0 unspecified atom stereocenters. The van der Waals surface area contributed by atoms with Crippen molar-refractivity contribution in [2.45, 2.75) is 4.90 Å². The van der Waals surface area contributed by atoms with Crippen LogP contribution in [0.3, 0.4) is 0 Å². The summed E-state index contributed by atoms with van der Waals surface area (Å²) in [6.45, 7) is 0. The lowest BCUT2D eigenvalue weighted by molar-refractivity contribution is 0.400. The van der Waals surface area contributed by atoms with Crippen molar-refractivity contribution in [1.82, 2.24) is 4.98 Å². The molecule has 0 saturated carbocycles. The number of hydrogen-bond acceptors (Lipinski definition) is 4. The van der Waals surface area contributed by atoms with Crippen LogP contribution in [0.2, 0.25) is 0 Å². The number of ether oxygens (including phenoxy) is 1. The van der Waals surface area contributed by atoms with Crippen LogP contribution in [0.25, 0.3) is 10.9 Å². The summed E-state index contributed by atoms with van der Waals surface area (Å²) in [6, 6.07) is 11.1. The topological polar surface area (TPSA) is 59.5 Å². The summed E-state index contributed by atoms with van der Waals surface area (Å²) in [4.78, 5) is 4.01. The fourth-order valence-corrected chi connectivity index (χ4v) is 4.16. The zero-order chi connectivity index (χ0) is 18.2. The molecule has 0 radical (unpaired) electrons.